The molecule has 0 amide bonds. The number of aryl methyl sites for hydroxylation is 2. The fraction of sp³-hybridized carbons (Fsp3) is 0.0769. The zero-order chi connectivity index (χ0) is 20.7. The van der Waals surface area contributed by atoms with E-state index in [4.69, 9.17) is 10.2 Å². The van der Waals surface area contributed by atoms with Crippen molar-refractivity contribution in [2.45, 2.75) is 13.8 Å². The first-order valence-electron chi connectivity index (χ1n) is 9.75. The van der Waals surface area contributed by atoms with Crippen LogP contribution < -0.4 is 0 Å². The average molecular weight is 386 g/mol. The van der Waals surface area contributed by atoms with Crippen molar-refractivity contribution >= 4 is 21.5 Å². The second-order valence-electron chi connectivity index (χ2n) is 7.54. The zero-order valence-electron chi connectivity index (χ0n) is 16.7. The Morgan fingerprint density at radius 1 is 0.667 bits per heavy atom. The predicted molar refractivity (Wildman–Crippen MR) is 120 cm³/mol. The first-order valence-corrected chi connectivity index (χ1v) is 9.75. The SMILES string of the molecule is Cc1cc(C)cc(-c2nccc3c2ccc2cc(-c4cnc(C#N)nc4)ccc23)c1. The molecule has 0 aliphatic heterocycles. The lowest BCUT2D eigenvalue weighted by Crippen LogP contribution is -1.90. The molecule has 3 aromatic carbocycles. The summed E-state index contributed by atoms with van der Waals surface area (Å²) in [5, 5.41) is 13.5. The number of hydrogen-bond acceptors (Lipinski definition) is 4. The van der Waals surface area contributed by atoms with Crippen molar-refractivity contribution in [1.82, 2.24) is 15.0 Å². The smallest absolute Gasteiger partial charge is 0.232 e. The van der Waals surface area contributed by atoms with Gasteiger partial charge in [-0.05, 0) is 59.8 Å². The molecule has 0 bridgehead atoms. The van der Waals surface area contributed by atoms with Gasteiger partial charge in [0, 0.05) is 35.1 Å². The molecule has 0 aliphatic rings. The van der Waals surface area contributed by atoms with E-state index in [9.17, 15) is 0 Å². The van der Waals surface area contributed by atoms with Crippen LogP contribution in [0, 0.1) is 25.2 Å². The Morgan fingerprint density at radius 3 is 2.13 bits per heavy atom. The summed E-state index contributed by atoms with van der Waals surface area (Å²) in [6.45, 7) is 4.23. The third kappa shape index (κ3) is 3.07. The van der Waals surface area contributed by atoms with Crippen molar-refractivity contribution in [2.75, 3.05) is 0 Å². The first-order chi connectivity index (χ1) is 14.6. The fourth-order valence-corrected chi connectivity index (χ4v) is 4.05. The van der Waals surface area contributed by atoms with Gasteiger partial charge in [-0.25, -0.2) is 9.97 Å². The summed E-state index contributed by atoms with van der Waals surface area (Å²) in [5.74, 6) is 0.178. The van der Waals surface area contributed by atoms with E-state index >= 15 is 0 Å². The van der Waals surface area contributed by atoms with Crippen molar-refractivity contribution in [3.63, 3.8) is 0 Å². The van der Waals surface area contributed by atoms with Crippen LogP contribution in [0.25, 0.3) is 43.9 Å². The van der Waals surface area contributed by atoms with Gasteiger partial charge in [0.25, 0.3) is 0 Å². The van der Waals surface area contributed by atoms with Gasteiger partial charge in [-0.3, -0.25) is 4.98 Å². The molecule has 0 spiro atoms. The molecule has 0 saturated heterocycles. The number of rotatable bonds is 2. The summed E-state index contributed by atoms with van der Waals surface area (Å²) in [6, 6.07) is 21.2. The molecule has 4 nitrogen and oxygen atoms in total. The van der Waals surface area contributed by atoms with E-state index < -0.39 is 0 Å². The number of aromatic nitrogens is 3. The van der Waals surface area contributed by atoms with Crippen LogP contribution in [0.15, 0.2) is 73.2 Å². The minimum atomic E-state index is 0.178. The molecule has 2 heterocycles. The highest BCUT2D eigenvalue weighted by Gasteiger charge is 2.10. The number of nitrogens with zero attached hydrogens (tertiary/aromatic N) is 4. The van der Waals surface area contributed by atoms with Crippen molar-refractivity contribution in [3.05, 3.63) is 90.1 Å². The van der Waals surface area contributed by atoms with E-state index in [1.54, 1.807) is 12.4 Å². The maximum Gasteiger partial charge on any atom is 0.232 e. The summed E-state index contributed by atoms with van der Waals surface area (Å²) in [4.78, 5) is 12.9. The number of benzene rings is 3. The van der Waals surface area contributed by atoms with Crippen LogP contribution in [0.5, 0.6) is 0 Å². The summed E-state index contributed by atoms with van der Waals surface area (Å²) in [6.07, 6.45) is 5.27. The minimum absolute atomic E-state index is 0.178. The minimum Gasteiger partial charge on any atom is -0.256 e. The topological polar surface area (TPSA) is 62.5 Å². The number of pyridine rings is 1. The Bertz CT molecular complexity index is 1440. The van der Waals surface area contributed by atoms with Crippen molar-refractivity contribution in [1.29, 1.82) is 5.26 Å². The van der Waals surface area contributed by atoms with E-state index in [-0.39, 0.29) is 5.82 Å². The molecule has 5 rings (SSSR count). The largest absolute Gasteiger partial charge is 0.256 e. The molecule has 4 heteroatoms. The van der Waals surface area contributed by atoms with Gasteiger partial charge in [0.1, 0.15) is 6.07 Å². The van der Waals surface area contributed by atoms with Gasteiger partial charge in [0.2, 0.25) is 5.82 Å². The highest BCUT2D eigenvalue weighted by Crippen LogP contribution is 2.34. The maximum atomic E-state index is 8.90. The van der Waals surface area contributed by atoms with E-state index in [2.05, 4.69) is 78.4 Å². The summed E-state index contributed by atoms with van der Waals surface area (Å²) < 4.78 is 0. The van der Waals surface area contributed by atoms with Crippen molar-refractivity contribution in [2.24, 2.45) is 0 Å². The molecular formula is C26H18N4. The number of nitriles is 1. The van der Waals surface area contributed by atoms with Gasteiger partial charge >= 0.3 is 0 Å². The predicted octanol–water partition coefficient (Wildman–Crippen LogP) is 6.00. The van der Waals surface area contributed by atoms with Crippen LogP contribution in [0.3, 0.4) is 0 Å². The lowest BCUT2D eigenvalue weighted by Gasteiger charge is -2.11. The number of fused-ring (bicyclic) bond motifs is 3. The van der Waals surface area contributed by atoms with Crippen LogP contribution in [0.1, 0.15) is 17.0 Å². The summed E-state index contributed by atoms with van der Waals surface area (Å²) >= 11 is 0. The molecule has 0 radical (unpaired) electrons. The van der Waals surface area contributed by atoms with Crippen LogP contribution in [0.4, 0.5) is 0 Å². The standard InChI is InChI=1S/C26H18N4/c1-16-9-17(2)11-20(10-16)26-24-6-4-19-12-18(21-14-29-25(13-27)30-15-21)3-5-22(19)23(24)7-8-28-26/h3-12,14-15H,1-2H3. The first kappa shape index (κ1) is 18.0. The maximum absolute atomic E-state index is 8.90. The molecule has 142 valence electrons. The Labute approximate surface area is 174 Å². The molecular weight excluding hydrogens is 368 g/mol. The highest BCUT2D eigenvalue weighted by atomic mass is 14.9. The lowest BCUT2D eigenvalue weighted by molar-refractivity contribution is 1.12. The molecule has 0 atom stereocenters. The Morgan fingerprint density at radius 2 is 1.40 bits per heavy atom. The van der Waals surface area contributed by atoms with E-state index in [0.29, 0.717) is 0 Å². The van der Waals surface area contributed by atoms with E-state index in [0.717, 1.165) is 33.2 Å². The molecule has 5 aromatic rings. The van der Waals surface area contributed by atoms with Gasteiger partial charge in [-0.1, -0.05) is 41.5 Å². The lowest BCUT2D eigenvalue weighted by atomic mass is 9.95. The Balaban J connectivity index is 1.68. The molecule has 0 saturated carbocycles. The van der Waals surface area contributed by atoms with Crippen LogP contribution in [-0.2, 0) is 0 Å². The highest BCUT2D eigenvalue weighted by molar-refractivity contribution is 6.11. The van der Waals surface area contributed by atoms with Crippen LogP contribution >= 0.6 is 0 Å². The normalized spacial score (nSPS) is 11.0. The second kappa shape index (κ2) is 7.06. The van der Waals surface area contributed by atoms with Crippen molar-refractivity contribution < 1.29 is 0 Å². The number of hydrogen-bond donors (Lipinski definition) is 0. The third-order valence-corrected chi connectivity index (χ3v) is 5.34. The Hall–Kier alpha value is -4.10. The summed E-state index contributed by atoms with van der Waals surface area (Å²) in [7, 11) is 0. The molecule has 0 N–H and O–H groups in total. The molecule has 2 aromatic heterocycles. The quantitative estimate of drug-likeness (QED) is 0.349. The van der Waals surface area contributed by atoms with Crippen LogP contribution in [0.2, 0.25) is 0 Å². The van der Waals surface area contributed by atoms with E-state index in [1.807, 2.05) is 12.3 Å². The molecule has 0 aliphatic carbocycles. The average Bonchev–Trinajstić information content (AvgIpc) is 2.77. The van der Waals surface area contributed by atoms with Gasteiger partial charge in [0.05, 0.1) is 5.69 Å². The molecule has 0 fully saturated rings. The molecule has 30 heavy (non-hydrogen) atoms. The van der Waals surface area contributed by atoms with Gasteiger partial charge < -0.3 is 0 Å². The van der Waals surface area contributed by atoms with Crippen molar-refractivity contribution in [3.8, 4) is 28.5 Å². The fourth-order valence-electron chi connectivity index (χ4n) is 4.05. The Kier molecular flexibility index (Phi) is 4.22. The third-order valence-electron chi connectivity index (χ3n) is 5.34. The summed E-state index contributed by atoms with van der Waals surface area (Å²) in [5.41, 5.74) is 6.53. The monoisotopic (exact) mass is 386 g/mol. The van der Waals surface area contributed by atoms with Gasteiger partial charge in [-0.2, -0.15) is 5.26 Å². The molecule has 0 unspecified atom stereocenters. The zero-order valence-corrected chi connectivity index (χ0v) is 16.7. The van der Waals surface area contributed by atoms with Gasteiger partial charge in [-0.15, -0.1) is 0 Å². The second-order valence-corrected chi connectivity index (χ2v) is 7.54. The van der Waals surface area contributed by atoms with Crippen LogP contribution in [-0.4, -0.2) is 15.0 Å². The van der Waals surface area contributed by atoms with Gasteiger partial charge in [0.15, 0.2) is 0 Å². The van der Waals surface area contributed by atoms with E-state index in [1.165, 1.54) is 21.9 Å².